The predicted molar refractivity (Wildman–Crippen MR) is 138 cm³/mol. The number of likely N-dealkylation sites (tertiary alicyclic amines) is 1. The molecule has 2 aliphatic heterocycles. The minimum absolute atomic E-state index is 0.0186. The number of hydrogen-bond donors (Lipinski definition) is 1. The van der Waals surface area contributed by atoms with Gasteiger partial charge in [-0.1, -0.05) is 13.0 Å². The van der Waals surface area contributed by atoms with Crippen molar-refractivity contribution in [3.63, 3.8) is 0 Å². The molecule has 0 radical (unpaired) electrons. The van der Waals surface area contributed by atoms with Crippen molar-refractivity contribution in [3.8, 4) is 23.0 Å². The molecule has 4 rings (SSSR count). The van der Waals surface area contributed by atoms with Crippen molar-refractivity contribution in [3.05, 3.63) is 53.1 Å². The van der Waals surface area contributed by atoms with E-state index in [4.69, 9.17) is 18.9 Å². The molecule has 0 spiro atoms. The van der Waals surface area contributed by atoms with Crippen molar-refractivity contribution in [2.45, 2.75) is 26.3 Å². The van der Waals surface area contributed by atoms with Gasteiger partial charge in [-0.2, -0.15) is 0 Å². The zero-order valence-electron chi connectivity index (χ0n) is 21.8. The van der Waals surface area contributed by atoms with E-state index >= 15 is 0 Å². The lowest BCUT2D eigenvalue weighted by molar-refractivity contribution is -0.140. The van der Waals surface area contributed by atoms with Crippen LogP contribution < -0.4 is 18.9 Å². The van der Waals surface area contributed by atoms with Gasteiger partial charge in [-0.3, -0.25) is 9.59 Å². The largest absolute Gasteiger partial charge is 0.507 e. The SMILES string of the molecule is CCCOc1ccc(C2/C(=C(\O)c3ccc4c(c3)OCCO4)C(=O)C(=O)N2CCN(C)C)cc1OCC. The number of aliphatic hydroxyl groups is 1. The third-order valence-corrected chi connectivity index (χ3v) is 6.19. The van der Waals surface area contributed by atoms with E-state index in [0.29, 0.717) is 73.6 Å². The van der Waals surface area contributed by atoms with Crippen molar-refractivity contribution in [1.82, 2.24) is 9.80 Å². The average molecular weight is 511 g/mol. The minimum atomic E-state index is -0.799. The summed E-state index contributed by atoms with van der Waals surface area (Å²) in [5.41, 5.74) is 1.03. The second-order valence-electron chi connectivity index (χ2n) is 9.14. The van der Waals surface area contributed by atoms with Crippen LogP contribution in [-0.2, 0) is 9.59 Å². The highest BCUT2D eigenvalue weighted by molar-refractivity contribution is 6.46. The zero-order valence-corrected chi connectivity index (χ0v) is 21.8. The lowest BCUT2D eigenvalue weighted by Gasteiger charge is -2.27. The Hall–Kier alpha value is -3.72. The number of aliphatic hydroxyl groups excluding tert-OH is 1. The highest BCUT2D eigenvalue weighted by Crippen LogP contribution is 2.43. The number of ether oxygens (including phenoxy) is 4. The van der Waals surface area contributed by atoms with Gasteiger partial charge in [0.2, 0.25) is 0 Å². The van der Waals surface area contributed by atoms with Crippen molar-refractivity contribution in [2.75, 3.05) is 53.6 Å². The first kappa shape index (κ1) is 26.3. The molecule has 1 fully saturated rings. The second kappa shape index (κ2) is 11.6. The van der Waals surface area contributed by atoms with Crippen LogP contribution in [0.2, 0.25) is 0 Å². The fraction of sp³-hybridized carbons (Fsp3) is 0.429. The predicted octanol–water partition coefficient (Wildman–Crippen LogP) is 3.63. The number of benzene rings is 2. The summed E-state index contributed by atoms with van der Waals surface area (Å²) in [6.07, 6.45) is 0.841. The summed E-state index contributed by atoms with van der Waals surface area (Å²) in [5.74, 6) is 0.489. The molecule has 37 heavy (non-hydrogen) atoms. The topological polar surface area (TPSA) is 97.8 Å². The van der Waals surface area contributed by atoms with Crippen LogP contribution in [0, 0.1) is 0 Å². The maximum atomic E-state index is 13.3. The van der Waals surface area contributed by atoms with Crippen molar-refractivity contribution >= 4 is 17.4 Å². The first-order valence-electron chi connectivity index (χ1n) is 12.6. The minimum Gasteiger partial charge on any atom is -0.507 e. The van der Waals surface area contributed by atoms with Crippen LogP contribution in [-0.4, -0.2) is 80.2 Å². The van der Waals surface area contributed by atoms with E-state index in [1.165, 1.54) is 4.90 Å². The van der Waals surface area contributed by atoms with Gasteiger partial charge in [0.1, 0.15) is 19.0 Å². The number of carbonyl (C=O) groups is 2. The van der Waals surface area contributed by atoms with Gasteiger partial charge in [0.05, 0.1) is 24.8 Å². The van der Waals surface area contributed by atoms with E-state index in [0.717, 1.165) is 6.42 Å². The number of amides is 1. The van der Waals surface area contributed by atoms with Gasteiger partial charge in [-0.15, -0.1) is 0 Å². The molecular formula is C28H34N2O7. The Kier molecular flexibility index (Phi) is 8.23. The van der Waals surface area contributed by atoms with Crippen LogP contribution in [0.15, 0.2) is 42.0 Å². The monoisotopic (exact) mass is 510 g/mol. The zero-order chi connectivity index (χ0) is 26.5. The Morgan fingerprint density at radius 1 is 1.03 bits per heavy atom. The van der Waals surface area contributed by atoms with E-state index in [9.17, 15) is 14.7 Å². The molecule has 2 aromatic rings. The Balaban J connectivity index is 1.82. The van der Waals surface area contributed by atoms with Crippen LogP contribution in [0.1, 0.15) is 37.4 Å². The smallest absolute Gasteiger partial charge is 0.295 e. The maximum absolute atomic E-state index is 13.3. The summed E-state index contributed by atoms with van der Waals surface area (Å²) >= 11 is 0. The van der Waals surface area contributed by atoms with Gasteiger partial charge < -0.3 is 33.9 Å². The normalized spacial score (nSPS) is 18.4. The van der Waals surface area contributed by atoms with E-state index in [-0.39, 0.29) is 11.3 Å². The van der Waals surface area contributed by atoms with Crippen LogP contribution in [0.25, 0.3) is 5.76 Å². The van der Waals surface area contributed by atoms with E-state index in [1.54, 1.807) is 30.3 Å². The molecule has 2 heterocycles. The Morgan fingerprint density at radius 3 is 2.49 bits per heavy atom. The number of hydrogen-bond acceptors (Lipinski definition) is 8. The highest BCUT2D eigenvalue weighted by atomic mass is 16.6. The molecule has 2 aliphatic rings. The van der Waals surface area contributed by atoms with Crippen LogP contribution >= 0.6 is 0 Å². The van der Waals surface area contributed by atoms with Gasteiger partial charge in [0.25, 0.3) is 11.7 Å². The first-order valence-corrected chi connectivity index (χ1v) is 12.6. The van der Waals surface area contributed by atoms with Crippen LogP contribution in [0.4, 0.5) is 0 Å². The summed E-state index contributed by atoms with van der Waals surface area (Å²) in [5, 5.41) is 11.4. The lowest BCUT2D eigenvalue weighted by atomic mass is 9.94. The quantitative estimate of drug-likeness (QED) is 0.294. The lowest BCUT2D eigenvalue weighted by Crippen LogP contribution is -2.35. The number of rotatable bonds is 10. The highest BCUT2D eigenvalue weighted by Gasteiger charge is 2.46. The molecule has 0 aliphatic carbocycles. The third-order valence-electron chi connectivity index (χ3n) is 6.19. The van der Waals surface area contributed by atoms with E-state index < -0.39 is 17.7 Å². The number of likely N-dealkylation sites (N-methyl/N-ethyl adjacent to an activating group) is 1. The van der Waals surface area contributed by atoms with Gasteiger partial charge in [-0.05, 0) is 63.3 Å². The van der Waals surface area contributed by atoms with Crippen molar-refractivity contribution in [1.29, 1.82) is 0 Å². The molecule has 1 N–H and O–H groups in total. The fourth-order valence-electron chi connectivity index (χ4n) is 4.41. The van der Waals surface area contributed by atoms with Crippen LogP contribution in [0.5, 0.6) is 23.0 Å². The maximum Gasteiger partial charge on any atom is 0.295 e. The molecule has 9 nitrogen and oxygen atoms in total. The molecule has 2 aromatic carbocycles. The number of carbonyl (C=O) groups excluding carboxylic acids is 2. The van der Waals surface area contributed by atoms with Gasteiger partial charge in [0, 0.05) is 18.7 Å². The van der Waals surface area contributed by atoms with E-state index in [1.807, 2.05) is 38.9 Å². The Labute approximate surface area is 217 Å². The summed E-state index contributed by atoms with van der Waals surface area (Å²) in [6.45, 7) is 6.52. The molecule has 1 amide bonds. The molecule has 1 unspecified atom stereocenters. The molecule has 1 saturated heterocycles. The standard InChI is InChI=1S/C28H34N2O7/c1-5-13-35-20-9-7-18(16-22(20)34-6-2)25-24(27(32)28(33)30(25)12-11-29(3)4)26(31)19-8-10-21-23(17-19)37-15-14-36-21/h7-10,16-17,25,31H,5-6,11-15H2,1-4H3/b26-24+. The number of Topliss-reactive ketones (excluding diaryl/α,β-unsaturated/α-hetero) is 1. The first-order chi connectivity index (χ1) is 17.8. The van der Waals surface area contributed by atoms with Crippen molar-refractivity contribution in [2.24, 2.45) is 0 Å². The molecule has 198 valence electrons. The summed E-state index contributed by atoms with van der Waals surface area (Å²) in [6, 6.07) is 9.55. The second-order valence-corrected chi connectivity index (χ2v) is 9.14. The number of nitrogens with zero attached hydrogens (tertiary/aromatic N) is 2. The Bertz CT molecular complexity index is 1190. The molecular weight excluding hydrogens is 476 g/mol. The number of ketones is 1. The summed E-state index contributed by atoms with van der Waals surface area (Å²) in [7, 11) is 3.79. The van der Waals surface area contributed by atoms with Gasteiger partial charge in [-0.25, -0.2) is 0 Å². The fourth-order valence-corrected chi connectivity index (χ4v) is 4.41. The molecule has 0 saturated carbocycles. The van der Waals surface area contributed by atoms with Crippen molar-refractivity contribution < 1.29 is 33.6 Å². The summed E-state index contributed by atoms with van der Waals surface area (Å²) in [4.78, 5) is 30.0. The average Bonchev–Trinajstić information content (AvgIpc) is 3.15. The summed E-state index contributed by atoms with van der Waals surface area (Å²) < 4.78 is 22.9. The molecule has 1 atom stereocenters. The van der Waals surface area contributed by atoms with E-state index in [2.05, 4.69) is 0 Å². The molecule has 0 aromatic heterocycles. The molecule has 9 heteroatoms. The van der Waals surface area contributed by atoms with Crippen LogP contribution in [0.3, 0.4) is 0 Å². The third kappa shape index (κ3) is 5.51. The van der Waals surface area contributed by atoms with Gasteiger partial charge in [0.15, 0.2) is 23.0 Å². The number of fused-ring (bicyclic) bond motifs is 1. The Morgan fingerprint density at radius 2 is 1.78 bits per heavy atom. The molecule has 0 bridgehead atoms. The van der Waals surface area contributed by atoms with Gasteiger partial charge >= 0.3 is 0 Å².